The van der Waals surface area contributed by atoms with E-state index in [9.17, 15) is 10.1 Å². The van der Waals surface area contributed by atoms with Gasteiger partial charge in [-0.25, -0.2) is 0 Å². The molecule has 1 aromatic carbocycles. The fourth-order valence-corrected chi connectivity index (χ4v) is 2.19. The van der Waals surface area contributed by atoms with Crippen LogP contribution in [-0.2, 0) is 0 Å². The van der Waals surface area contributed by atoms with Gasteiger partial charge in [-0.15, -0.1) is 0 Å². The summed E-state index contributed by atoms with van der Waals surface area (Å²) >= 11 is 22.7. The van der Waals surface area contributed by atoms with Crippen molar-refractivity contribution >= 4 is 57.8 Å². The molecule has 0 aliphatic heterocycles. The van der Waals surface area contributed by atoms with Gasteiger partial charge < -0.3 is 4.90 Å². The molecule has 0 aromatic heterocycles. The number of benzene rings is 1. The summed E-state index contributed by atoms with van der Waals surface area (Å²) in [7, 11) is 0. The Labute approximate surface area is 112 Å². The predicted molar refractivity (Wildman–Crippen MR) is 66.6 cm³/mol. The monoisotopic (exact) mass is 302 g/mol. The molecule has 0 bridgehead atoms. The summed E-state index contributed by atoms with van der Waals surface area (Å²) in [6.07, 6.45) is 0. The third-order valence-electron chi connectivity index (χ3n) is 1.78. The van der Waals surface area contributed by atoms with Crippen LogP contribution >= 0.6 is 46.4 Å². The zero-order valence-electron chi connectivity index (χ0n) is 7.69. The summed E-state index contributed by atoms with van der Waals surface area (Å²) in [6.45, 7) is 0. The van der Waals surface area contributed by atoms with E-state index in [0.29, 0.717) is 5.69 Å². The lowest BCUT2D eigenvalue weighted by Gasteiger charge is -2.26. The Hall–Kier alpha value is -0.420. The van der Waals surface area contributed by atoms with Gasteiger partial charge in [0.25, 0.3) is 5.69 Å². The van der Waals surface area contributed by atoms with Crippen LogP contribution in [0.25, 0.3) is 0 Å². The number of halogens is 4. The van der Waals surface area contributed by atoms with Gasteiger partial charge in [0, 0.05) is 17.8 Å². The molecule has 0 fully saturated rings. The molecule has 0 spiro atoms. The Morgan fingerprint density at radius 1 is 1.06 bits per heavy atom. The number of rotatable bonds is 4. The Bertz CT molecular complexity index is 361. The van der Waals surface area contributed by atoms with Crippen LogP contribution in [-0.4, -0.2) is 14.8 Å². The molecule has 0 amide bonds. The second-order valence-corrected chi connectivity index (χ2v) is 4.84. The fraction of sp³-hybridized carbons (Fsp3) is 0.250. The van der Waals surface area contributed by atoms with Crippen LogP contribution in [0.5, 0.6) is 0 Å². The lowest BCUT2D eigenvalue weighted by molar-refractivity contribution is -0.384. The molecule has 0 saturated carbocycles. The minimum Gasteiger partial charge on any atom is -0.313 e. The van der Waals surface area contributed by atoms with E-state index in [4.69, 9.17) is 46.4 Å². The van der Waals surface area contributed by atoms with E-state index in [0.717, 1.165) is 0 Å². The van der Waals surface area contributed by atoms with Crippen LogP contribution in [0, 0.1) is 10.1 Å². The van der Waals surface area contributed by atoms with Gasteiger partial charge in [-0.05, 0) is 12.1 Å². The molecule has 0 aliphatic rings. The van der Waals surface area contributed by atoms with Crippen molar-refractivity contribution in [2.24, 2.45) is 0 Å². The van der Waals surface area contributed by atoms with Crippen molar-refractivity contribution in [1.29, 1.82) is 0 Å². The van der Waals surface area contributed by atoms with Crippen molar-refractivity contribution in [2.75, 3.05) is 4.90 Å². The highest BCUT2D eigenvalue weighted by atomic mass is 35.5. The average molecular weight is 304 g/mol. The van der Waals surface area contributed by atoms with Gasteiger partial charge in [0.1, 0.15) is 0 Å². The molecule has 0 N–H and O–H groups in total. The Balaban J connectivity index is 2.99. The first-order valence-corrected chi connectivity index (χ1v) is 5.77. The molecule has 0 atom stereocenters. The molecule has 88 valence electrons. The number of alkyl halides is 4. The normalized spacial score (nSPS) is 10.9. The molecular formula is C8H6Cl4N2O2. The molecule has 1 rings (SSSR count). The van der Waals surface area contributed by atoms with Gasteiger partial charge >= 0.3 is 0 Å². The predicted octanol–water partition coefficient (Wildman–Crippen LogP) is 3.92. The molecule has 0 aliphatic carbocycles. The van der Waals surface area contributed by atoms with E-state index in [1.807, 2.05) is 0 Å². The van der Waals surface area contributed by atoms with Gasteiger partial charge in [0.2, 0.25) is 0 Å². The number of hydrogen-bond acceptors (Lipinski definition) is 3. The van der Waals surface area contributed by atoms with E-state index in [2.05, 4.69) is 0 Å². The summed E-state index contributed by atoms with van der Waals surface area (Å²) < 4.78 is 0. The molecule has 8 heteroatoms. The van der Waals surface area contributed by atoms with Crippen molar-refractivity contribution in [3.8, 4) is 0 Å². The van der Waals surface area contributed by atoms with Crippen molar-refractivity contribution in [3.63, 3.8) is 0 Å². The second kappa shape index (κ2) is 5.77. The Morgan fingerprint density at radius 2 is 1.50 bits per heavy atom. The molecule has 0 heterocycles. The number of nitro groups is 1. The zero-order chi connectivity index (χ0) is 12.3. The summed E-state index contributed by atoms with van der Waals surface area (Å²) in [4.78, 5) is 9.33. The summed E-state index contributed by atoms with van der Waals surface area (Å²) in [5, 5.41) is 10.4. The lowest BCUT2D eigenvalue weighted by Crippen LogP contribution is -2.31. The molecule has 4 nitrogen and oxygen atoms in total. The molecule has 0 unspecified atom stereocenters. The van der Waals surface area contributed by atoms with Crippen LogP contribution in [0.3, 0.4) is 0 Å². The maximum atomic E-state index is 10.4. The summed E-state index contributed by atoms with van der Waals surface area (Å²) in [6, 6.07) is 5.56. The van der Waals surface area contributed by atoms with Gasteiger partial charge in [0.05, 0.1) is 4.92 Å². The number of hydrogen-bond donors (Lipinski definition) is 0. The van der Waals surface area contributed by atoms with Crippen LogP contribution in [0.4, 0.5) is 11.4 Å². The van der Waals surface area contributed by atoms with Crippen LogP contribution in [0.15, 0.2) is 24.3 Å². The third kappa shape index (κ3) is 3.28. The third-order valence-corrected chi connectivity index (χ3v) is 2.62. The number of nitrogens with zero attached hydrogens (tertiary/aromatic N) is 2. The minimum atomic E-state index is -0.943. The second-order valence-electron chi connectivity index (χ2n) is 2.74. The van der Waals surface area contributed by atoms with Crippen molar-refractivity contribution in [2.45, 2.75) is 9.92 Å². The van der Waals surface area contributed by atoms with Crippen LogP contribution in [0.2, 0.25) is 0 Å². The van der Waals surface area contributed by atoms with Gasteiger partial charge in [-0.1, -0.05) is 46.4 Å². The number of nitro benzene ring substituents is 1. The smallest absolute Gasteiger partial charge is 0.269 e. The molecule has 1 aromatic rings. The first-order valence-electron chi connectivity index (χ1n) is 4.02. The summed E-state index contributed by atoms with van der Waals surface area (Å²) in [5.74, 6) is 0. The van der Waals surface area contributed by atoms with Gasteiger partial charge in [0.15, 0.2) is 9.92 Å². The Morgan fingerprint density at radius 3 is 1.81 bits per heavy atom. The molecule has 0 saturated heterocycles. The molecule has 16 heavy (non-hydrogen) atoms. The SMILES string of the molecule is O=[N+]([O-])c1ccc(N(C(Cl)Cl)C(Cl)Cl)cc1. The molecular weight excluding hydrogens is 298 g/mol. The molecule has 0 radical (unpaired) electrons. The lowest BCUT2D eigenvalue weighted by atomic mass is 10.3. The van der Waals surface area contributed by atoms with Crippen molar-refractivity contribution in [1.82, 2.24) is 0 Å². The first kappa shape index (κ1) is 13.6. The average Bonchev–Trinajstić information content (AvgIpc) is 2.17. The largest absolute Gasteiger partial charge is 0.313 e. The first-order chi connectivity index (χ1) is 7.43. The number of non-ortho nitro benzene ring substituents is 1. The van der Waals surface area contributed by atoms with E-state index in [1.54, 1.807) is 0 Å². The summed E-state index contributed by atoms with van der Waals surface area (Å²) in [5.41, 5.74) is 0.459. The number of anilines is 1. The van der Waals surface area contributed by atoms with E-state index in [-0.39, 0.29) is 5.69 Å². The Kier molecular flexibility index (Phi) is 4.92. The van der Waals surface area contributed by atoms with Gasteiger partial charge in [-0.2, -0.15) is 0 Å². The topological polar surface area (TPSA) is 46.4 Å². The van der Waals surface area contributed by atoms with E-state index >= 15 is 0 Å². The van der Waals surface area contributed by atoms with Crippen LogP contribution in [0.1, 0.15) is 0 Å². The highest BCUT2D eigenvalue weighted by Gasteiger charge is 2.20. The van der Waals surface area contributed by atoms with E-state index in [1.165, 1.54) is 29.2 Å². The van der Waals surface area contributed by atoms with Gasteiger partial charge in [-0.3, -0.25) is 10.1 Å². The fourth-order valence-electron chi connectivity index (χ4n) is 1.06. The van der Waals surface area contributed by atoms with Crippen molar-refractivity contribution < 1.29 is 4.92 Å². The minimum absolute atomic E-state index is 0.0370. The van der Waals surface area contributed by atoms with E-state index < -0.39 is 14.8 Å². The maximum absolute atomic E-state index is 10.4. The van der Waals surface area contributed by atoms with Crippen molar-refractivity contribution in [3.05, 3.63) is 34.4 Å². The van der Waals surface area contributed by atoms with Crippen LogP contribution < -0.4 is 4.90 Å². The highest BCUT2D eigenvalue weighted by Crippen LogP contribution is 2.28. The standard InChI is InChI=1S/C8H6Cl4N2O2/c9-7(10)13(8(11)12)5-1-3-6(4-2-5)14(15)16/h1-4,7-8H. The maximum Gasteiger partial charge on any atom is 0.269 e. The zero-order valence-corrected chi connectivity index (χ0v) is 10.7. The highest BCUT2D eigenvalue weighted by molar-refractivity contribution is 6.50. The quantitative estimate of drug-likeness (QED) is 0.366.